The molecule has 1 heterocycles. The quantitative estimate of drug-likeness (QED) is 0.913. The lowest BCUT2D eigenvalue weighted by atomic mass is 9.90. The fraction of sp³-hybridized carbons (Fsp3) is 0.429. The molecule has 0 spiro atoms. The standard InChI is InChI=1S/C14H15ClFNO3/c1-8-3-2-6-17(12(8)14(19)20)13(18)9-4-5-10(15)11(16)7-9/h4-5,7-8,12H,2-3,6H2,1H3,(H,19,20). The van der Waals surface area contributed by atoms with Crippen LogP contribution in [-0.4, -0.2) is 34.5 Å². The fourth-order valence-electron chi connectivity index (χ4n) is 2.59. The van der Waals surface area contributed by atoms with Crippen LogP contribution in [0.4, 0.5) is 4.39 Å². The number of benzene rings is 1. The van der Waals surface area contributed by atoms with Crippen molar-refractivity contribution in [1.29, 1.82) is 0 Å². The van der Waals surface area contributed by atoms with Crippen LogP contribution in [0.3, 0.4) is 0 Å². The van der Waals surface area contributed by atoms with Crippen molar-refractivity contribution >= 4 is 23.5 Å². The lowest BCUT2D eigenvalue weighted by Gasteiger charge is -2.37. The number of carbonyl (C=O) groups is 2. The Kier molecular flexibility index (Phi) is 4.28. The first-order chi connectivity index (χ1) is 9.41. The lowest BCUT2D eigenvalue weighted by molar-refractivity contribution is -0.145. The van der Waals surface area contributed by atoms with E-state index < -0.39 is 23.7 Å². The molecule has 2 atom stereocenters. The van der Waals surface area contributed by atoms with Crippen LogP contribution in [0.15, 0.2) is 18.2 Å². The van der Waals surface area contributed by atoms with Crippen LogP contribution < -0.4 is 0 Å². The monoisotopic (exact) mass is 299 g/mol. The van der Waals surface area contributed by atoms with E-state index in [1.165, 1.54) is 17.0 Å². The van der Waals surface area contributed by atoms with Gasteiger partial charge in [-0.15, -0.1) is 0 Å². The number of amides is 1. The number of rotatable bonds is 2. The van der Waals surface area contributed by atoms with Crippen LogP contribution in [-0.2, 0) is 4.79 Å². The van der Waals surface area contributed by atoms with Gasteiger partial charge < -0.3 is 10.0 Å². The predicted molar refractivity (Wildman–Crippen MR) is 72.3 cm³/mol. The second-order valence-corrected chi connectivity index (χ2v) is 5.44. The zero-order valence-electron chi connectivity index (χ0n) is 11.0. The normalized spacial score (nSPS) is 22.6. The van der Waals surface area contributed by atoms with E-state index in [0.29, 0.717) is 6.54 Å². The Bertz CT molecular complexity index is 549. The Balaban J connectivity index is 2.30. The molecule has 20 heavy (non-hydrogen) atoms. The Hall–Kier alpha value is -1.62. The van der Waals surface area contributed by atoms with Gasteiger partial charge in [0.25, 0.3) is 5.91 Å². The van der Waals surface area contributed by atoms with Crippen LogP contribution in [0.25, 0.3) is 0 Å². The molecule has 2 rings (SSSR count). The largest absolute Gasteiger partial charge is 0.480 e. The molecule has 6 heteroatoms. The van der Waals surface area contributed by atoms with E-state index in [1.807, 2.05) is 0 Å². The first kappa shape index (κ1) is 14.8. The number of likely N-dealkylation sites (tertiary alicyclic amines) is 1. The maximum Gasteiger partial charge on any atom is 0.326 e. The number of carboxylic acids is 1. The van der Waals surface area contributed by atoms with Gasteiger partial charge in [-0.2, -0.15) is 0 Å². The smallest absolute Gasteiger partial charge is 0.326 e. The molecule has 0 aromatic heterocycles. The van der Waals surface area contributed by atoms with Gasteiger partial charge in [0.15, 0.2) is 0 Å². The average Bonchev–Trinajstić information content (AvgIpc) is 2.40. The zero-order chi connectivity index (χ0) is 14.9. The van der Waals surface area contributed by atoms with Crippen LogP contribution in [0.1, 0.15) is 30.1 Å². The molecule has 1 N–H and O–H groups in total. The zero-order valence-corrected chi connectivity index (χ0v) is 11.7. The van der Waals surface area contributed by atoms with Crippen molar-refractivity contribution in [3.8, 4) is 0 Å². The van der Waals surface area contributed by atoms with Crippen molar-refractivity contribution in [2.24, 2.45) is 5.92 Å². The molecule has 1 aromatic carbocycles. The minimum Gasteiger partial charge on any atom is -0.480 e. The minimum atomic E-state index is -1.03. The average molecular weight is 300 g/mol. The van der Waals surface area contributed by atoms with E-state index in [0.717, 1.165) is 18.9 Å². The molecule has 0 bridgehead atoms. The number of halogens is 2. The van der Waals surface area contributed by atoms with Gasteiger partial charge in [-0.1, -0.05) is 18.5 Å². The number of nitrogens with zero attached hydrogens (tertiary/aromatic N) is 1. The summed E-state index contributed by atoms with van der Waals surface area (Å²) in [6.45, 7) is 2.17. The van der Waals surface area contributed by atoms with E-state index in [4.69, 9.17) is 11.6 Å². The number of piperidine rings is 1. The Morgan fingerprint density at radius 1 is 1.45 bits per heavy atom. The van der Waals surface area contributed by atoms with E-state index in [2.05, 4.69) is 0 Å². The molecule has 1 amide bonds. The molecule has 4 nitrogen and oxygen atoms in total. The van der Waals surface area contributed by atoms with Gasteiger partial charge in [0.2, 0.25) is 0 Å². The van der Waals surface area contributed by atoms with Gasteiger partial charge in [-0.05, 0) is 37.0 Å². The summed E-state index contributed by atoms with van der Waals surface area (Å²) in [5, 5.41) is 9.22. The summed E-state index contributed by atoms with van der Waals surface area (Å²) in [5.74, 6) is -2.31. The summed E-state index contributed by atoms with van der Waals surface area (Å²) in [5.41, 5.74) is 0.118. The molecule has 1 aliphatic heterocycles. The second kappa shape index (κ2) is 5.79. The van der Waals surface area contributed by atoms with Gasteiger partial charge in [0, 0.05) is 12.1 Å². The highest BCUT2D eigenvalue weighted by Gasteiger charge is 2.37. The van der Waals surface area contributed by atoms with E-state index >= 15 is 0 Å². The third kappa shape index (κ3) is 2.77. The molecule has 0 saturated carbocycles. The molecule has 1 saturated heterocycles. The predicted octanol–water partition coefficient (Wildman–Crippen LogP) is 2.80. The van der Waals surface area contributed by atoms with Gasteiger partial charge >= 0.3 is 5.97 Å². The maximum atomic E-state index is 13.4. The Labute approximate surface area is 121 Å². The van der Waals surface area contributed by atoms with Gasteiger partial charge in [-0.25, -0.2) is 9.18 Å². The van der Waals surface area contributed by atoms with E-state index in [9.17, 15) is 19.1 Å². The third-order valence-corrected chi connectivity index (χ3v) is 3.92. The summed E-state index contributed by atoms with van der Waals surface area (Å²) in [6, 6.07) is 2.89. The van der Waals surface area contributed by atoms with Crippen molar-refractivity contribution in [2.45, 2.75) is 25.8 Å². The van der Waals surface area contributed by atoms with Crippen LogP contribution in [0, 0.1) is 11.7 Å². The highest BCUT2D eigenvalue weighted by Crippen LogP contribution is 2.26. The summed E-state index contributed by atoms with van der Waals surface area (Å²) >= 11 is 5.58. The summed E-state index contributed by atoms with van der Waals surface area (Å²) < 4.78 is 13.4. The van der Waals surface area contributed by atoms with Gasteiger partial charge in [0.05, 0.1) is 5.02 Å². The summed E-state index contributed by atoms with van der Waals surface area (Å²) in [7, 11) is 0. The Morgan fingerprint density at radius 3 is 2.75 bits per heavy atom. The number of carbonyl (C=O) groups excluding carboxylic acids is 1. The molecule has 1 aromatic rings. The SMILES string of the molecule is CC1CCCN(C(=O)c2ccc(Cl)c(F)c2)C1C(=O)O. The van der Waals surface area contributed by atoms with Crippen LogP contribution >= 0.6 is 11.6 Å². The first-order valence-electron chi connectivity index (χ1n) is 6.40. The van der Waals surface area contributed by atoms with Crippen molar-refractivity contribution in [3.63, 3.8) is 0 Å². The first-order valence-corrected chi connectivity index (χ1v) is 6.78. The summed E-state index contributed by atoms with van der Waals surface area (Å²) in [4.78, 5) is 25.0. The number of carboxylic acid groups (broad SMARTS) is 1. The van der Waals surface area contributed by atoms with Crippen LogP contribution in [0.2, 0.25) is 5.02 Å². The lowest BCUT2D eigenvalue weighted by Crippen LogP contribution is -2.51. The highest BCUT2D eigenvalue weighted by molar-refractivity contribution is 6.30. The molecule has 2 unspecified atom stereocenters. The summed E-state index contributed by atoms with van der Waals surface area (Å²) in [6.07, 6.45) is 1.50. The minimum absolute atomic E-state index is 0.0663. The van der Waals surface area contributed by atoms with Crippen molar-refractivity contribution in [3.05, 3.63) is 34.6 Å². The fourth-order valence-corrected chi connectivity index (χ4v) is 2.70. The molecule has 1 fully saturated rings. The second-order valence-electron chi connectivity index (χ2n) is 5.03. The third-order valence-electron chi connectivity index (χ3n) is 3.61. The van der Waals surface area contributed by atoms with Crippen molar-refractivity contribution < 1.29 is 19.1 Å². The number of aliphatic carboxylic acids is 1. The number of hydrogen-bond donors (Lipinski definition) is 1. The topological polar surface area (TPSA) is 57.6 Å². The molecule has 0 aliphatic carbocycles. The number of hydrogen-bond acceptors (Lipinski definition) is 2. The van der Waals surface area contributed by atoms with Crippen molar-refractivity contribution in [2.75, 3.05) is 6.54 Å². The van der Waals surface area contributed by atoms with Crippen LogP contribution in [0.5, 0.6) is 0 Å². The maximum absolute atomic E-state index is 13.4. The van der Waals surface area contributed by atoms with Gasteiger partial charge in [-0.3, -0.25) is 4.79 Å². The van der Waals surface area contributed by atoms with E-state index in [-0.39, 0.29) is 16.5 Å². The molecule has 108 valence electrons. The highest BCUT2D eigenvalue weighted by atomic mass is 35.5. The van der Waals surface area contributed by atoms with Crippen molar-refractivity contribution in [1.82, 2.24) is 4.90 Å². The molecule has 1 aliphatic rings. The Morgan fingerprint density at radius 2 is 2.15 bits per heavy atom. The van der Waals surface area contributed by atoms with Gasteiger partial charge in [0.1, 0.15) is 11.9 Å². The molecule has 0 radical (unpaired) electrons. The molecular weight excluding hydrogens is 285 g/mol. The molecular formula is C14H15ClFNO3. The van der Waals surface area contributed by atoms with E-state index in [1.54, 1.807) is 6.92 Å².